The molecular formula is C15H26N4O. The largest absolute Gasteiger partial charge is 0.372 e. The molecule has 2 heterocycles. The zero-order valence-electron chi connectivity index (χ0n) is 13.0. The van der Waals surface area contributed by atoms with Crippen molar-refractivity contribution in [1.82, 2.24) is 15.3 Å². The van der Waals surface area contributed by atoms with Gasteiger partial charge in [0.25, 0.3) is 0 Å². The van der Waals surface area contributed by atoms with Gasteiger partial charge >= 0.3 is 0 Å². The summed E-state index contributed by atoms with van der Waals surface area (Å²) in [6, 6.07) is 0. The predicted octanol–water partition coefficient (Wildman–Crippen LogP) is 1.84. The van der Waals surface area contributed by atoms with E-state index in [1.807, 2.05) is 12.4 Å². The highest BCUT2D eigenvalue weighted by Gasteiger charge is 2.23. The molecule has 5 heteroatoms. The van der Waals surface area contributed by atoms with Crippen LogP contribution in [0.1, 0.15) is 33.4 Å². The van der Waals surface area contributed by atoms with Crippen LogP contribution in [0.3, 0.4) is 0 Å². The summed E-state index contributed by atoms with van der Waals surface area (Å²) in [6.45, 7) is 12.1. The van der Waals surface area contributed by atoms with Gasteiger partial charge in [0.05, 0.1) is 24.1 Å². The van der Waals surface area contributed by atoms with Gasteiger partial charge in [0.1, 0.15) is 5.82 Å². The lowest BCUT2D eigenvalue weighted by Gasteiger charge is -2.36. The fourth-order valence-electron chi connectivity index (χ4n) is 2.49. The Balaban J connectivity index is 1.98. The molecule has 5 nitrogen and oxygen atoms in total. The van der Waals surface area contributed by atoms with E-state index >= 15 is 0 Å². The molecule has 0 spiro atoms. The topological polar surface area (TPSA) is 50.3 Å². The Kier molecular flexibility index (Phi) is 5.31. The first-order chi connectivity index (χ1) is 9.54. The molecular weight excluding hydrogens is 252 g/mol. The maximum Gasteiger partial charge on any atom is 0.147 e. The van der Waals surface area contributed by atoms with Crippen LogP contribution in [0.25, 0.3) is 0 Å². The van der Waals surface area contributed by atoms with Crippen molar-refractivity contribution in [2.24, 2.45) is 5.92 Å². The highest BCUT2D eigenvalue weighted by Crippen LogP contribution is 2.17. The predicted molar refractivity (Wildman–Crippen MR) is 80.8 cm³/mol. The lowest BCUT2D eigenvalue weighted by atomic mass is 10.2. The van der Waals surface area contributed by atoms with Gasteiger partial charge in [0.2, 0.25) is 0 Å². The summed E-state index contributed by atoms with van der Waals surface area (Å²) in [5, 5.41) is 3.40. The molecule has 1 aromatic heterocycles. The van der Waals surface area contributed by atoms with Crippen LogP contribution in [0.15, 0.2) is 12.4 Å². The number of nitrogens with zero attached hydrogens (tertiary/aromatic N) is 3. The van der Waals surface area contributed by atoms with Gasteiger partial charge in [-0.25, -0.2) is 4.98 Å². The minimum atomic E-state index is 0.239. The fourth-order valence-corrected chi connectivity index (χ4v) is 2.49. The summed E-state index contributed by atoms with van der Waals surface area (Å²) in [5.74, 6) is 1.60. The van der Waals surface area contributed by atoms with Crippen LogP contribution in [-0.2, 0) is 11.3 Å². The molecule has 2 unspecified atom stereocenters. The van der Waals surface area contributed by atoms with Crippen LogP contribution in [0.2, 0.25) is 0 Å². The van der Waals surface area contributed by atoms with Gasteiger partial charge < -0.3 is 15.0 Å². The van der Waals surface area contributed by atoms with E-state index in [1.165, 1.54) is 0 Å². The van der Waals surface area contributed by atoms with Crippen molar-refractivity contribution in [3.8, 4) is 0 Å². The van der Waals surface area contributed by atoms with Crippen molar-refractivity contribution < 1.29 is 4.74 Å². The molecule has 1 saturated heterocycles. The molecule has 0 amide bonds. The Morgan fingerprint density at radius 3 is 2.65 bits per heavy atom. The Bertz CT molecular complexity index is 414. The second-order valence-electron chi connectivity index (χ2n) is 6.06. The van der Waals surface area contributed by atoms with E-state index in [9.17, 15) is 0 Å². The van der Waals surface area contributed by atoms with E-state index in [1.54, 1.807) is 0 Å². The summed E-state index contributed by atoms with van der Waals surface area (Å²) in [5.41, 5.74) is 0.995. The van der Waals surface area contributed by atoms with E-state index in [0.717, 1.165) is 37.7 Å². The second kappa shape index (κ2) is 6.99. The fraction of sp³-hybridized carbons (Fsp3) is 0.733. The van der Waals surface area contributed by atoms with Crippen molar-refractivity contribution in [3.05, 3.63) is 18.1 Å². The molecule has 1 aliphatic rings. The van der Waals surface area contributed by atoms with Crippen LogP contribution >= 0.6 is 0 Å². The number of rotatable bonds is 5. The molecule has 2 atom stereocenters. The van der Waals surface area contributed by atoms with Gasteiger partial charge in [-0.15, -0.1) is 0 Å². The van der Waals surface area contributed by atoms with E-state index in [-0.39, 0.29) is 12.2 Å². The van der Waals surface area contributed by atoms with Crippen LogP contribution in [0.5, 0.6) is 0 Å². The number of anilines is 1. The van der Waals surface area contributed by atoms with Gasteiger partial charge in [-0.1, -0.05) is 13.8 Å². The highest BCUT2D eigenvalue weighted by molar-refractivity contribution is 5.37. The van der Waals surface area contributed by atoms with E-state index in [2.05, 4.69) is 42.9 Å². The van der Waals surface area contributed by atoms with Crippen molar-refractivity contribution in [1.29, 1.82) is 0 Å². The van der Waals surface area contributed by atoms with Crippen molar-refractivity contribution in [3.63, 3.8) is 0 Å². The van der Waals surface area contributed by atoms with Crippen LogP contribution < -0.4 is 10.2 Å². The molecule has 1 aliphatic heterocycles. The number of hydrogen-bond acceptors (Lipinski definition) is 5. The lowest BCUT2D eigenvalue weighted by Crippen LogP contribution is -2.46. The first-order valence-corrected chi connectivity index (χ1v) is 7.46. The maximum absolute atomic E-state index is 5.76. The third-order valence-electron chi connectivity index (χ3n) is 3.27. The number of morpholine rings is 1. The standard InChI is InChI=1S/C15H26N4O/c1-11(2)5-16-6-14-7-17-8-15(18-14)19-9-12(3)20-13(4)10-19/h7-8,11-13,16H,5-6,9-10H2,1-4H3. The normalized spacial score (nSPS) is 23.4. The third-order valence-corrected chi connectivity index (χ3v) is 3.27. The average molecular weight is 278 g/mol. The number of aromatic nitrogens is 2. The van der Waals surface area contributed by atoms with Gasteiger partial charge in [0.15, 0.2) is 0 Å². The molecule has 2 rings (SSSR count). The molecule has 1 aromatic rings. The molecule has 0 aromatic carbocycles. The zero-order valence-corrected chi connectivity index (χ0v) is 13.0. The van der Waals surface area contributed by atoms with E-state index in [0.29, 0.717) is 5.92 Å². The molecule has 20 heavy (non-hydrogen) atoms. The quantitative estimate of drug-likeness (QED) is 0.890. The minimum Gasteiger partial charge on any atom is -0.372 e. The van der Waals surface area contributed by atoms with Crippen molar-refractivity contribution in [2.75, 3.05) is 24.5 Å². The second-order valence-corrected chi connectivity index (χ2v) is 6.06. The van der Waals surface area contributed by atoms with E-state index in [4.69, 9.17) is 9.72 Å². The van der Waals surface area contributed by atoms with Crippen molar-refractivity contribution >= 4 is 5.82 Å². The molecule has 112 valence electrons. The Hall–Kier alpha value is -1.20. The smallest absolute Gasteiger partial charge is 0.147 e. The Morgan fingerprint density at radius 1 is 1.30 bits per heavy atom. The summed E-state index contributed by atoms with van der Waals surface area (Å²) >= 11 is 0. The Labute approximate surface area is 121 Å². The summed E-state index contributed by atoms with van der Waals surface area (Å²) in [7, 11) is 0. The minimum absolute atomic E-state index is 0.239. The molecule has 0 aliphatic carbocycles. The number of nitrogens with one attached hydrogen (secondary N) is 1. The van der Waals surface area contributed by atoms with Crippen LogP contribution in [0.4, 0.5) is 5.82 Å². The summed E-state index contributed by atoms with van der Waals surface area (Å²) in [4.78, 5) is 11.3. The van der Waals surface area contributed by atoms with Crippen LogP contribution in [0, 0.1) is 5.92 Å². The first-order valence-electron chi connectivity index (χ1n) is 7.46. The van der Waals surface area contributed by atoms with Crippen molar-refractivity contribution in [2.45, 2.75) is 46.4 Å². The first kappa shape index (κ1) is 15.2. The third kappa shape index (κ3) is 4.42. The van der Waals surface area contributed by atoms with Crippen LogP contribution in [-0.4, -0.2) is 41.8 Å². The molecule has 0 radical (unpaired) electrons. The molecule has 1 fully saturated rings. The molecule has 0 bridgehead atoms. The SMILES string of the molecule is CC(C)CNCc1cncc(N2CC(C)OC(C)C2)n1. The summed E-state index contributed by atoms with van der Waals surface area (Å²) in [6.07, 6.45) is 4.16. The molecule has 0 saturated carbocycles. The Morgan fingerprint density at radius 2 is 2.00 bits per heavy atom. The zero-order chi connectivity index (χ0) is 14.5. The number of hydrogen-bond donors (Lipinski definition) is 1. The average Bonchev–Trinajstić information content (AvgIpc) is 2.37. The summed E-state index contributed by atoms with van der Waals surface area (Å²) < 4.78 is 5.76. The lowest BCUT2D eigenvalue weighted by molar-refractivity contribution is -0.00549. The number of ether oxygens (including phenoxy) is 1. The highest BCUT2D eigenvalue weighted by atomic mass is 16.5. The van der Waals surface area contributed by atoms with Gasteiger partial charge in [-0.3, -0.25) is 4.98 Å². The van der Waals surface area contributed by atoms with Gasteiger partial charge in [0, 0.05) is 25.8 Å². The molecule has 1 N–H and O–H groups in total. The van der Waals surface area contributed by atoms with Gasteiger partial charge in [-0.05, 0) is 26.3 Å². The maximum atomic E-state index is 5.76. The van der Waals surface area contributed by atoms with E-state index < -0.39 is 0 Å². The monoisotopic (exact) mass is 278 g/mol. The van der Waals surface area contributed by atoms with Gasteiger partial charge in [-0.2, -0.15) is 0 Å².